The van der Waals surface area contributed by atoms with Gasteiger partial charge in [-0.25, -0.2) is 0 Å². The van der Waals surface area contributed by atoms with E-state index in [1.165, 1.54) is 0 Å². The average molecular weight is 259 g/mol. The highest BCUT2D eigenvalue weighted by molar-refractivity contribution is 9.10. The minimum absolute atomic E-state index is 0.160. The molecule has 0 aliphatic carbocycles. The van der Waals surface area contributed by atoms with Gasteiger partial charge in [-0.1, -0.05) is 22.9 Å². The molecule has 0 aliphatic rings. The number of hydrogen-bond acceptors (Lipinski definition) is 2. The molecule has 2 nitrogen and oxygen atoms in total. The zero-order valence-corrected chi connectivity index (χ0v) is 9.84. The quantitative estimate of drug-likeness (QED) is 0.872. The van der Waals surface area contributed by atoms with Gasteiger partial charge in [-0.15, -0.1) is 0 Å². The van der Waals surface area contributed by atoms with Crippen molar-refractivity contribution in [2.24, 2.45) is 0 Å². The van der Waals surface area contributed by atoms with Crippen LogP contribution in [0.4, 0.5) is 0 Å². The molecule has 0 amide bonds. The van der Waals surface area contributed by atoms with Gasteiger partial charge in [0.25, 0.3) is 0 Å². The van der Waals surface area contributed by atoms with Gasteiger partial charge in [0.15, 0.2) is 0 Å². The maximum absolute atomic E-state index is 9.84. The molecule has 0 heterocycles. The van der Waals surface area contributed by atoms with E-state index in [-0.39, 0.29) is 6.61 Å². The van der Waals surface area contributed by atoms with Gasteiger partial charge in [-0.3, -0.25) is 0 Å². The van der Waals surface area contributed by atoms with E-state index < -0.39 is 0 Å². The van der Waals surface area contributed by atoms with E-state index in [0.717, 1.165) is 28.4 Å². The second-order valence-corrected chi connectivity index (χ2v) is 4.17. The molecule has 78 valence electrons. The zero-order valence-electron chi connectivity index (χ0n) is 8.26. The first kappa shape index (κ1) is 11.5. The van der Waals surface area contributed by atoms with Gasteiger partial charge in [0.05, 0.1) is 0 Å². The van der Waals surface area contributed by atoms with Crippen LogP contribution in [0.25, 0.3) is 0 Å². The van der Waals surface area contributed by atoms with Crippen molar-refractivity contribution in [3.63, 3.8) is 0 Å². The topological polar surface area (TPSA) is 40.5 Å². The number of aliphatic hydroxyl groups is 1. The molecule has 3 heteroatoms. The summed E-state index contributed by atoms with van der Waals surface area (Å²) in [5, 5.41) is 18.6. The van der Waals surface area contributed by atoms with Crippen molar-refractivity contribution < 1.29 is 10.2 Å². The summed E-state index contributed by atoms with van der Waals surface area (Å²) in [6.07, 6.45) is 2.22. The Kier molecular flexibility index (Phi) is 4.42. The molecular weight excluding hydrogens is 244 g/mol. The highest BCUT2D eigenvalue weighted by Gasteiger charge is 2.07. The Morgan fingerprint density at radius 1 is 1.29 bits per heavy atom. The third-order valence-electron chi connectivity index (χ3n) is 2.22. The number of halogens is 1. The Balaban J connectivity index is 2.96. The van der Waals surface area contributed by atoms with E-state index in [2.05, 4.69) is 15.9 Å². The van der Waals surface area contributed by atoms with Gasteiger partial charge in [0, 0.05) is 11.1 Å². The highest BCUT2D eigenvalue weighted by Crippen LogP contribution is 2.28. The minimum Gasteiger partial charge on any atom is -0.507 e. The van der Waals surface area contributed by atoms with Gasteiger partial charge in [-0.2, -0.15) is 0 Å². The van der Waals surface area contributed by atoms with Crippen molar-refractivity contribution in [3.05, 3.63) is 27.7 Å². The van der Waals surface area contributed by atoms with Gasteiger partial charge in [0.1, 0.15) is 5.75 Å². The maximum atomic E-state index is 9.84. The molecule has 0 saturated carbocycles. The molecule has 0 saturated heterocycles. The van der Waals surface area contributed by atoms with E-state index in [4.69, 9.17) is 5.11 Å². The molecule has 0 unspecified atom stereocenters. The van der Waals surface area contributed by atoms with Crippen LogP contribution in [-0.4, -0.2) is 16.8 Å². The van der Waals surface area contributed by atoms with Crippen molar-refractivity contribution in [1.82, 2.24) is 0 Å². The molecule has 1 rings (SSSR count). The van der Waals surface area contributed by atoms with E-state index in [0.29, 0.717) is 12.2 Å². The number of phenolic OH excluding ortho intramolecular Hbond substituents is 1. The van der Waals surface area contributed by atoms with Gasteiger partial charge >= 0.3 is 0 Å². The Hall–Kier alpha value is -0.540. The number of phenols is 1. The number of benzene rings is 1. The van der Waals surface area contributed by atoms with Crippen molar-refractivity contribution in [2.45, 2.75) is 26.2 Å². The van der Waals surface area contributed by atoms with Crippen molar-refractivity contribution in [1.29, 1.82) is 0 Å². The lowest BCUT2D eigenvalue weighted by Gasteiger charge is -2.09. The fourth-order valence-electron chi connectivity index (χ4n) is 1.45. The largest absolute Gasteiger partial charge is 0.507 e. The summed E-state index contributed by atoms with van der Waals surface area (Å²) in [4.78, 5) is 0. The Morgan fingerprint density at radius 3 is 2.50 bits per heavy atom. The monoisotopic (exact) mass is 258 g/mol. The standard InChI is InChI=1S/C11H15BrO2/c1-2-8-6-10(12)7-9(11(8)14)4-3-5-13/h6-7,13-14H,2-5H2,1H3. The number of hydrogen-bond donors (Lipinski definition) is 2. The van der Waals surface area contributed by atoms with Gasteiger partial charge < -0.3 is 10.2 Å². The molecule has 0 bridgehead atoms. The molecule has 2 N–H and O–H groups in total. The third-order valence-corrected chi connectivity index (χ3v) is 2.68. The lowest BCUT2D eigenvalue weighted by Crippen LogP contribution is -1.93. The van der Waals surface area contributed by atoms with E-state index in [9.17, 15) is 5.11 Å². The molecule has 0 aromatic heterocycles. The number of rotatable bonds is 4. The van der Waals surface area contributed by atoms with Gasteiger partial charge in [-0.05, 0) is 42.5 Å². The van der Waals surface area contributed by atoms with E-state index in [1.807, 2.05) is 19.1 Å². The van der Waals surface area contributed by atoms with Crippen LogP contribution in [0, 0.1) is 0 Å². The maximum Gasteiger partial charge on any atom is 0.122 e. The third kappa shape index (κ3) is 2.72. The number of aryl methyl sites for hydroxylation is 2. The molecule has 1 aromatic carbocycles. The van der Waals surface area contributed by atoms with Gasteiger partial charge in [0.2, 0.25) is 0 Å². The molecule has 0 atom stereocenters. The lowest BCUT2D eigenvalue weighted by molar-refractivity contribution is 0.288. The molecule has 0 spiro atoms. The SMILES string of the molecule is CCc1cc(Br)cc(CCCO)c1O. The molecule has 1 aromatic rings. The summed E-state index contributed by atoms with van der Waals surface area (Å²) >= 11 is 3.41. The Morgan fingerprint density at radius 2 is 1.93 bits per heavy atom. The smallest absolute Gasteiger partial charge is 0.122 e. The predicted octanol–water partition coefficient (Wildman–Crippen LogP) is 2.64. The number of aliphatic hydroxyl groups excluding tert-OH is 1. The van der Waals surface area contributed by atoms with Crippen LogP contribution < -0.4 is 0 Å². The average Bonchev–Trinajstić information content (AvgIpc) is 2.18. The zero-order chi connectivity index (χ0) is 10.6. The van der Waals surface area contributed by atoms with Crippen molar-refractivity contribution in [2.75, 3.05) is 6.61 Å². The van der Waals surface area contributed by atoms with Crippen molar-refractivity contribution >= 4 is 15.9 Å². The summed E-state index contributed by atoms with van der Waals surface area (Å²) in [6, 6.07) is 3.84. The first-order valence-corrected chi connectivity index (χ1v) is 5.59. The first-order chi connectivity index (χ1) is 6.69. The second kappa shape index (κ2) is 5.37. The Bertz CT molecular complexity index is 310. The summed E-state index contributed by atoms with van der Waals surface area (Å²) < 4.78 is 0.986. The minimum atomic E-state index is 0.160. The van der Waals surface area contributed by atoms with Crippen LogP contribution in [-0.2, 0) is 12.8 Å². The van der Waals surface area contributed by atoms with E-state index >= 15 is 0 Å². The fraction of sp³-hybridized carbons (Fsp3) is 0.455. The molecule has 14 heavy (non-hydrogen) atoms. The van der Waals surface area contributed by atoms with Crippen LogP contribution in [0.15, 0.2) is 16.6 Å². The molecule has 0 radical (unpaired) electrons. The highest BCUT2D eigenvalue weighted by atomic mass is 79.9. The molecular formula is C11H15BrO2. The Labute approximate surface area is 92.7 Å². The van der Waals surface area contributed by atoms with Crippen LogP contribution >= 0.6 is 15.9 Å². The van der Waals surface area contributed by atoms with Crippen LogP contribution in [0.1, 0.15) is 24.5 Å². The van der Waals surface area contributed by atoms with Crippen LogP contribution in [0.2, 0.25) is 0 Å². The van der Waals surface area contributed by atoms with Crippen molar-refractivity contribution in [3.8, 4) is 5.75 Å². The van der Waals surface area contributed by atoms with E-state index in [1.54, 1.807) is 0 Å². The summed E-state index contributed by atoms with van der Waals surface area (Å²) in [5.41, 5.74) is 1.86. The summed E-state index contributed by atoms with van der Waals surface area (Å²) in [7, 11) is 0. The normalized spacial score (nSPS) is 10.5. The molecule has 0 fully saturated rings. The first-order valence-electron chi connectivity index (χ1n) is 4.80. The lowest BCUT2D eigenvalue weighted by atomic mass is 10.0. The predicted molar refractivity (Wildman–Crippen MR) is 60.6 cm³/mol. The molecule has 0 aliphatic heterocycles. The van der Waals surface area contributed by atoms with Crippen LogP contribution in [0.5, 0.6) is 5.75 Å². The summed E-state index contributed by atoms with van der Waals surface area (Å²) in [6.45, 7) is 2.17. The second-order valence-electron chi connectivity index (χ2n) is 3.25. The number of aromatic hydroxyl groups is 1. The van der Waals surface area contributed by atoms with Crippen LogP contribution in [0.3, 0.4) is 0 Å². The summed E-state index contributed by atoms with van der Waals surface area (Å²) in [5.74, 6) is 0.379. The fourth-order valence-corrected chi connectivity index (χ4v) is 2.00.